The summed E-state index contributed by atoms with van der Waals surface area (Å²) in [5.74, 6) is 0. The van der Waals surface area contributed by atoms with Gasteiger partial charge < -0.3 is 0 Å². The van der Waals surface area contributed by atoms with E-state index in [1.807, 2.05) is 0 Å². The van der Waals surface area contributed by atoms with Crippen molar-refractivity contribution in [2.45, 2.75) is 37.0 Å². The fourth-order valence-corrected chi connectivity index (χ4v) is 1.27. The Bertz CT molecular complexity index is 23.4. The molecule has 0 saturated carbocycles. The first kappa shape index (κ1) is 7.80. The Morgan fingerprint density at radius 1 is 1.14 bits per heavy atom. The number of unbranched alkanes of at least 4 members (excludes halogenated alkanes) is 3. The van der Waals surface area contributed by atoms with Gasteiger partial charge in [-0.1, -0.05) is 0 Å². The van der Waals surface area contributed by atoms with Gasteiger partial charge in [-0.3, -0.25) is 0 Å². The molecule has 0 atom stereocenters. The molecule has 0 unspecified atom stereocenters. The third-order valence-corrected chi connectivity index (χ3v) is 2.04. The van der Waals surface area contributed by atoms with Crippen LogP contribution in [0.1, 0.15) is 32.6 Å². The Morgan fingerprint density at radius 3 is 2.29 bits per heavy atom. The van der Waals surface area contributed by atoms with Gasteiger partial charge >= 0.3 is 59.6 Å². The quantitative estimate of drug-likeness (QED) is 0.486. The normalized spacial score (nSPS) is 9.43. The summed E-state index contributed by atoms with van der Waals surface area (Å²) in [6.45, 7) is 2.25. The van der Waals surface area contributed by atoms with Gasteiger partial charge in [0, 0.05) is 0 Å². The molecule has 0 heterocycles. The summed E-state index contributed by atoms with van der Waals surface area (Å²) in [7, 11) is 0. The molecule has 0 N–H and O–H groups in total. The van der Waals surface area contributed by atoms with Crippen molar-refractivity contribution in [1.29, 1.82) is 0 Å². The van der Waals surface area contributed by atoms with E-state index in [1.165, 1.54) is 30.1 Å². The molecule has 3 radical (unpaired) electrons. The molecule has 0 aromatic carbocycles. The number of hydrogen-bond acceptors (Lipinski definition) is 0. The summed E-state index contributed by atoms with van der Waals surface area (Å²) < 4.78 is 1.45. The third-order valence-electron chi connectivity index (χ3n) is 1.03. The fourth-order valence-electron chi connectivity index (χ4n) is 0.552. The third kappa shape index (κ3) is 6.80. The van der Waals surface area contributed by atoms with Crippen LogP contribution in [0, 0.1) is 0 Å². The van der Waals surface area contributed by atoms with Crippen LogP contribution in [0.3, 0.4) is 0 Å². The van der Waals surface area contributed by atoms with Gasteiger partial charge in [0.25, 0.3) is 0 Å². The van der Waals surface area contributed by atoms with Gasteiger partial charge in [0.2, 0.25) is 0 Å². The van der Waals surface area contributed by atoms with E-state index in [0.29, 0.717) is 0 Å². The molecule has 0 aliphatic rings. The van der Waals surface area contributed by atoms with Crippen LogP contribution in [0.4, 0.5) is 0 Å². The summed E-state index contributed by atoms with van der Waals surface area (Å²) in [4.78, 5) is 0. The van der Waals surface area contributed by atoms with Crippen LogP contribution in [-0.4, -0.2) is 22.5 Å². The first-order chi connectivity index (χ1) is 3.41. The zero-order chi connectivity index (χ0) is 5.54. The van der Waals surface area contributed by atoms with E-state index in [9.17, 15) is 0 Å². The maximum absolute atomic E-state index is 2.25. The molecule has 0 nitrogen and oxygen atoms in total. The Morgan fingerprint density at radius 2 is 1.86 bits per heavy atom. The molecule has 0 aromatic rings. The average molecular weight is 204 g/mol. The molecule has 0 aliphatic heterocycles. The second-order valence-electron chi connectivity index (χ2n) is 1.81. The monoisotopic (exact) mass is 205 g/mol. The number of rotatable bonds is 4. The van der Waals surface area contributed by atoms with Crippen molar-refractivity contribution in [2.75, 3.05) is 0 Å². The van der Waals surface area contributed by atoms with Crippen molar-refractivity contribution in [1.82, 2.24) is 0 Å². The van der Waals surface area contributed by atoms with E-state index in [2.05, 4.69) is 6.92 Å². The molecule has 0 spiro atoms. The molecule has 0 rings (SSSR count). The Labute approximate surface area is 59.8 Å². The molecule has 41 valence electrons. The van der Waals surface area contributed by atoms with Crippen molar-refractivity contribution in [2.24, 2.45) is 0 Å². The van der Waals surface area contributed by atoms with Gasteiger partial charge in [-0.05, 0) is 0 Å². The first-order valence-electron chi connectivity index (χ1n) is 3.06. The van der Waals surface area contributed by atoms with Gasteiger partial charge in [-0.25, -0.2) is 0 Å². The van der Waals surface area contributed by atoms with Crippen molar-refractivity contribution in [3.05, 3.63) is 0 Å². The minimum atomic E-state index is 1.37. The van der Waals surface area contributed by atoms with Crippen LogP contribution in [0.2, 0.25) is 4.44 Å². The SMILES string of the molecule is CCCCC[CH2][Sn]. The molecule has 0 saturated heterocycles. The Hall–Kier alpha value is 0.799. The summed E-state index contributed by atoms with van der Waals surface area (Å²) in [5, 5.41) is 0. The van der Waals surface area contributed by atoms with Crippen LogP contribution >= 0.6 is 0 Å². The van der Waals surface area contributed by atoms with Crippen LogP contribution in [-0.2, 0) is 0 Å². The van der Waals surface area contributed by atoms with E-state index >= 15 is 0 Å². The summed E-state index contributed by atoms with van der Waals surface area (Å²) in [6.07, 6.45) is 5.73. The zero-order valence-corrected chi connectivity index (χ0v) is 7.89. The van der Waals surface area contributed by atoms with Crippen molar-refractivity contribution in [3.63, 3.8) is 0 Å². The number of hydrogen-bond donors (Lipinski definition) is 0. The fraction of sp³-hybridized carbons (Fsp3) is 1.00. The van der Waals surface area contributed by atoms with Crippen molar-refractivity contribution in [3.8, 4) is 0 Å². The van der Waals surface area contributed by atoms with Gasteiger partial charge in [0.05, 0.1) is 0 Å². The van der Waals surface area contributed by atoms with E-state index in [0.717, 1.165) is 0 Å². The minimum absolute atomic E-state index is 1.37. The van der Waals surface area contributed by atoms with Gasteiger partial charge in [-0.2, -0.15) is 0 Å². The van der Waals surface area contributed by atoms with Crippen molar-refractivity contribution < 1.29 is 0 Å². The maximum atomic E-state index is 2.25. The topological polar surface area (TPSA) is 0 Å². The van der Waals surface area contributed by atoms with Crippen LogP contribution in [0.25, 0.3) is 0 Å². The first-order valence-corrected chi connectivity index (χ1v) is 5.08. The zero-order valence-electron chi connectivity index (χ0n) is 5.04. The molecule has 1 heteroatoms. The second-order valence-corrected chi connectivity index (χ2v) is 3.24. The molecule has 0 bridgehead atoms. The Balaban J connectivity index is 2.45. The van der Waals surface area contributed by atoms with Crippen molar-refractivity contribution >= 4 is 22.5 Å². The average Bonchev–Trinajstić information content (AvgIpc) is 1.69. The van der Waals surface area contributed by atoms with Gasteiger partial charge in [-0.15, -0.1) is 0 Å². The van der Waals surface area contributed by atoms with E-state index in [1.54, 1.807) is 22.5 Å². The molecule has 0 amide bonds. The predicted molar refractivity (Wildman–Crippen MR) is 34.7 cm³/mol. The van der Waals surface area contributed by atoms with Crippen LogP contribution in [0.5, 0.6) is 0 Å². The van der Waals surface area contributed by atoms with E-state index in [4.69, 9.17) is 0 Å². The molecular formula is C6H13Sn. The molecule has 0 aromatic heterocycles. The molecule has 7 heavy (non-hydrogen) atoms. The predicted octanol–water partition coefficient (Wildman–Crippen LogP) is 2.15. The van der Waals surface area contributed by atoms with E-state index in [-0.39, 0.29) is 0 Å². The Kier molecular flexibility index (Phi) is 7.57. The standard InChI is InChI=1S/C6H13.Sn/c1-3-5-6-4-2;/h1,3-6H2,2H3;. The van der Waals surface area contributed by atoms with Gasteiger partial charge in [0.1, 0.15) is 0 Å². The van der Waals surface area contributed by atoms with Crippen LogP contribution < -0.4 is 0 Å². The second kappa shape index (κ2) is 6.80. The molecule has 0 fully saturated rings. The summed E-state index contributed by atoms with van der Waals surface area (Å²) in [5.41, 5.74) is 0. The van der Waals surface area contributed by atoms with E-state index < -0.39 is 0 Å². The summed E-state index contributed by atoms with van der Waals surface area (Å²) >= 11 is 1.70. The van der Waals surface area contributed by atoms with Crippen LogP contribution in [0.15, 0.2) is 0 Å². The summed E-state index contributed by atoms with van der Waals surface area (Å²) in [6, 6.07) is 0. The molecular weight excluding hydrogens is 191 g/mol. The molecule has 0 aliphatic carbocycles. The van der Waals surface area contributed by atoms with Gasteiger partial charge in [0.15, 0.2) is 0 Å².